The summed E-state index contributed by atoms with van der Waals surface area (Å²) >= 11 is 0. The molecule has 2 heterocycles. The molecule has 2 aliphatic heterocycles. The number of Topliss-reactive ketones (excluding diaryl/α,β-unsaturated/α-hetero) is 1. The number of ketones is 1. The fraction of sp³-hybridized carbons (Fsp3) is 0.885. The second kappa shape index (κ2) is 19.9. The Hall–Kier alpha value is 0.696. The summed E-state index contributed by atoms with van der Waals surface area (Å²) in [6.45, 7) is 21.0. The van der Waals surface area contributed by atoms with E-state index >= 15 is 0 Å². The first-order chi connectivity index (χ1) is 14.6. The molecule has 184 valence electrons. The predicted molar refractivity (Wildman–Crippen MR) is 133 cm³/mol. The van der Waals surface area contributed by atoms with Crippen molar-refractivity contribution in [2.24, 2.45) is 17.8 Å². The predicted octanol–water partition coefficient (Wildman–Crippen LogP) is 1.76. The van der Waals surface area contributed by atoms with Crippen LogP contribution in [0.4, 0.5) is 0 Å². The fourth-order valence-corrected chi connectivity index (χ4v) is 4.99. The van der Waals surface area contributed by atoms with E-state index in [4.69, 9.17) is 0 Å². The minimum absolute atomic E-state index is 0. The summed E-state index contributed by atoms with van der Waals surface area (Å²) in [4.78, 5) is 31.6. The van der Waals surface area contributed by atoms with Gasteiger partial charge in [-0.15, -0.1) is 0 Å². The summed E-state index contributed by atoms with van der Waals surface area (Å²) in [6, 6.07) is 0. The number of rotatable bonds is 5. The fourth-order valence-electron chi connectivity index (χ4n) is 4.99. The van der Waals surface area contributed by atoms with E-state index in [1.54, 1.807) is 6.92 Å². The van der Waals surface area contributed by atoms with Gasteiger partial charge >= 0.3 is 51.4 Å². The molecule has 3 rings (SSSR count). The Morgan fingerprint density at radius 2 is 1.16 bits per heavy atom. The number of likely N-dealkylation sites (tertiary alicyclic amines) is 1. The molecule has 1 aliphatic carbocycles. The molecule has 0 radical (unpaired) electrons. The first-order valence-electron chi connectivity index (χ1n) is 12.8. The normalized spacial score (nSPS) is 24.5. The van der Waals surface area contributed by atoms with E-state index in [1.165, 1.54) is 39.3 Å². The Morgan fingerprint density at radius 1 is 0.719 bits per heavy atom. The van der Waals surface area contributed by atoms with Crippen molar-refractivity contribution in [1.29, 1.82) is 0 Å². The standard InChI is InChI=1S/C21H37N3O2.2C2H6.CH3.K/c1-3-22-12-14-23(15-13-22)16-18-8-10-24(11-9-18)21(26)20-6-4-19(5-7-20)17(2)25;2*1-2;;/h18-20H,3-16H2,1-2H3;2*1-2H3;1H3;/q;;;-1;+1. The van der Waals surface area contributed by atoms with Crippen molar-refractivity contribution in [2.75, 3.05) is 52.4 Å². The Bertz CT molecular complexity index is 479. The van der Waals surface area contributed by atoms with E-state index in [1.807, 2.05) is 27.7 Å². The van der Waals surface area contributed by atoms with Gasteiger partial charge in [-0.1, -0.05) is 34.6 Å². The second-order valence-corrected chi connectivity index (χ2v) is 8.66. The van der Waals surface area contributed by atoms with Gasteiger partial charge in [0.25, 0.3) is 0 Å². The zero-order valence-electron chi connectivity index (χ0n) is 22.8. The number of hydrogen-bond acceptors (Lipinski definition) is 4. The Balaban J connectivity index is 0. The molecule has 1 saturated carbocycles. The smallest absolute Gasteiger partial charge is 0.358 e. The van der Waals surface area contributed by atoms with Crippen LogP contribution in [0.5, 0.6) is 0 Å². The SMILES string of the molecule is CC.CC.CCN1CCN(CC2CCN(C(=O)C3CCC(C(C)=O)CC3)CC2)CC1.[CH3-].[K+]. The maximum Gasteiger partial charge on any atom is 1.00 e. The summed E-state index contributed by atoms with van der Waals surface area (Å²) in [5.41, 5.74) is 0. The van der Waals surface area contributed by atoms with Crippen LogP contribution in [-0.2, 0) is 9.59 Å². The van der Waals surface area contributed by atoms with E-state index in [2.05, 4.69) is 21.6 Å². The van der Waals surface area contributed by atoms with Crippen LogP contribution in [0.3, 0.4) is 0 Å². The van der Waals surface area contributed by atoms with Gasteiger partial charge in [0.2, 0.25) is 5.91 Å². The van der Waals surface area contributed by atoms with E-state index in [9.17, 15) is 9.59 Å². The Morgan fingerprint density at radius 3 is 1.59 bits per heavy atom. The molecule has 32 heavy (non-hydrogen) atoms. The molecular weight excluding hydrogens is 425 g/mol. The molecule has 5 nitrogen and oxygen atoms in total. The molecule has 0 aromatic rings. The minimum atomic E-state index is 0. The van der Waals surface area contributed by atoms with E-state index < -0.39 is 0 Å². The molecule has 0 spiro atoms. The van der Waals surface area contributed by atoms with E-state index in [0.717, 1.165) is 57.5 Å². The van der Waals surface area contributed by atoms with Crippen molar-refractivity contribution in [2.45, 2.75) is 80.1 Å². The van der Waals surface area contributed by atoms with E-state index in [0.29, 0.717) is 11.7 Å². The monoisotopic (exact) mass is 477 g/mol. The van der Waals surface area contributed by atoms with Gasteiger partial charge in [0.15, 0.2) is 0 Å². The summed E-state index contributed by atoms with van der Waals surface area (Å²) in [7, 11) is 0. The summed E-state index contributed by atoms with van der Waals surface area (Å²) in [5, 5.41) is 0. The second-order valence-electron chi connectivity index (χ2n) is 8.66. The average Bonchev–Trinajstić information content (AvgIpc) is 2.82. The number of piperazine rings is 1. The van der Waals surface area contributed by atoms with Crippen LogP contribution in [0, 0.1) is 25.2 Å². The van der Waals surface area contributed by atoms with Crippen molar-refractivity contribution in [1.82, 2.24) is 14.7 Å². The maximum atomic E-state index is 12.8. The molecule has 0 atom stereocenters. The zero-order valence-corrected chi connectivity index (χ0v) is 25.9. The molecule has 0 N–H and O–H groups in total. The third-order valence-corrected chi connectivity index (χ3v) is 7.01. The average molecular weight is 478 g/mol. The minimum Gasteiger partial charge on any atom is -0.358 e. The van der Waals surface area contributed by atoms with Crippen LogP contribution in [-0.4, -0.2) is 78.7 Å². The number of amides is 1. The Kier molecular flexibility index (Phi) is 21.7. The number of carbonyl (C=O) groups excluding carboxylic acids is 2. The van der Waals surface area contributed by atoms with Crippen molar-refractivity contribution < 1.29 is 61.0 Å². The molecule has 0 unspecified atom stereocenters. The zero-order chi connectivity index (χ0) is 22.5. The summed E-state index contributed by atoms with van der Waals surface area (Å²) in [5.74, 6) is 1.79. The first kappa shape index (κ1) is 34.9. The molecular formula is C26H52KN3O2. The van der Waals surface area contributed by atoms with Crippen LogP contribution in [0.25, 0.3) is 0 Å². The van der Waals surface area contributed by atoms with Gasteiger partial charge in [0, 0.05) is 57.6 Å². The summed E-state index contributed by atoms with van der Waals surface area (Å²) in [6.07, 6.45) is 5.94. The molecule has 3 fully saturated rings. The number of carbonyl (C=O) groups is 2. The third-order valence-electron chi connectivity index (χ3n) is 7.01. The van der Waals surface area contributed by atoms with Crippen molar-refractivity contribution >= 4 is 11.7 Å². The third kappa shape index (κ3) is 11.4. The molecule has 1 amide bonds. The largest absolute Gasteiger partial charge is 1.00 e. The topological polar surface area (TPSA) is 43.9 Å². The molecule has 0 aromatic carbocycles. The number of piperidine rings is 1. The molecule has 2 saturated heterocycles. The molecule has 0 aromatic heterocycles. The van der Waals surface area contributed by atoms with Crippen molar-refractivity contribution in [3.8, 4) is 0 Å². The van der Waals surface area contributed by atoms with Gasteiger partial charge in [-0.3, -0.25) is 9.59 Å². The van der Waals surface area contributed by atoms with Crippen LogP contribution >= 0.6 is 0 Å². The molecule has 3 aliphatic rings. The van der Waals surface area contributed by atoms with Gasteiger partial charge in [0.1, 0.15) is 5.78 Å². The van der Waals surface area contributed by atoms with Gasteiger partial charge in [0.05, 0.1) is 0 Å². The quantitative estimate of drug-likeness (QED) is 0.447. The van der Waals surface area contributed by atoms with Crippen LogP contribution in [0.1, 0.15) is 80.1 Å². The Labute approximate surface area is 242 Å². The number of hydrogen-bond donors (Lipinski definition) is 0. The van der Waals surface area contributed by atoms with Crippen LogP contribution in [0.2, 0.25) is 0 Å². The summed E-state index contributed by atoms with van der Waals surface area (Å²) < 4.78 is 0. The van der Waals surface area contributed by atoms with Crippen molar-refractivity contribution in [3.05, 3.63) is 7.43 Å². The number of nitrogens with zero attached hydrogens (tertiary/aromatic N) is 3. The van der Waals surface area contributed by atoms with Gasteiger partial charge < -0.3 is 22.1 Å². The molecule has 0 bridgehead atoms. The van der Waals surface area contributed by atoms with Gasteiger partial charge in [-0.05, 0) is 57.9 Å². The van der Waals surface area contributed by atoms with Crippen LogP contribution in [0.15, 0.2) is 0 Å². The van der Waals surface area contributed by atoms with E-state index in [-0.39, 0.29) is 70.6 Å². The van der Waals surface area contributed by atoms with Gasteiger partial charge in [-0.25, -0.2) is 0 Å². The van der Waals surface area contributed by atoms with Crippen molar-refractivity contribution in [3.63, 3.8) is 0 Å². The van der Waals surface area contributed by atoms with Crippen LogP contribution < -0.4 is 51.4 Å². The first-order valence-corrected chi connectivity index (χ1v) is 12.8. The molecule has 6 heteroatoms. The maximum absolute atomic E-state index is 12.8. The number of likely N-dealkylation sites (N-methyl/N-ethyl adjacent to an activating group) is 1. The van der Waals surface area contributed by atoms with Gasteiger partial charge in [-0.2, -0.15) is 0 Å².